The molecule has 0 radical (unpaired) electrons. The Kier molecular flexibility index (Phi) is 5.34. The summed E-state index contributed by atoms with van der Waals surface area (Å²) < 4.78 is 28.5. The fourth-order valence-electron chi connectivity index (χ4n) is 4.27. The van der Waals surface area contributed by atoms with E-state index in [9.17, 15) is 4.79 Å². The maximum Gasteiger partial charge on any atom is 0.232 e. The van der Waals surface area contributed by atoms with Gasteiger partial charge in [-0.1, -0.05) is 6.07 Å². The lowest BCUT2D eigenvalue weighted by molar-refractivity contribution is 0.0871. The van der Waals surface area contributed by atoms with Crippen LogP contribution in [-0.4, -0.2) is 31.6 Å². The molecule has 0 unspecified atom stereocenters. The van der Waals surface area contributed by atoms with E-state index in [-0.39, 0.29) is 11.5 Å². The van der Waals surface area contributed by atoms with Gasteiger partial charge in [0.25, 0.3) is 0 Å². The van der Waals surface area contributed by atoms with Gasteiger partial charge >= 0.3 is 0 Å². The minimum absolute atomic E-state index is 0.142. The summed E-state index contributed by atoms with van der Waals surface area (Å²) in [5.74, 6) is 4.16. The summed E-state index contributed by atoms with van der Waals surface area (Å²) in [4.78, 5) is 15.2. The molecule has 2 aliphatic rings. The first kappa shape index (κ1) is 21.2. The van der Waals surface area contributed by atoms with Gasteiger partial charge in [-0.05, 0) is 55.3 Å². The minimum atomic E-state index is -0.142. The molecule has 0 saturated carbocycles. The maximum atomic E-state index is 13.1. The van der Waals surface area contributed by atoms with Crippen LogP contribution in [0.5, 0.6) is 23.0 Å². The van der Waals surface area contributed by atoms with E-state index in [1.54, 1.807) is 20.3 Å². The molecule has 2 aromatic carbocycles. The smallest absolute Gasteiger partial charge is 0.232 e. The number of carbonyl (C=O) groups excluding carboxylic acids is 1. The first-order valence-electron chi connectivity index (χ1n) is 10.7. The van der Waals surface area contributed by atoms with Gasteiger partial charge in [0.15, 0.2) is 17.3 Å². The number of methoxy groups -OCH3 is 2. The molecule has 0 bridgehead atoms. The molecule has 0 saturated heterocycles. The summed E-state index contributed by atoms with van der Waals surface area (Å²) in [7, 11) is 3.24. The average Bonchev–Trinajstić information content (AvgIpc) is 3.37. The number of furan rings is 1. The third-order valence-electron chi connectivity index (χ3n) is 5.88. The lowest BCUT2D eigenvalue weighted by atomic mass is 9.98. The lowest BCUT2D eigenvalue weighted by Gasteiger charge is -2.30. The number of aryl methyl sites for hydroxylation is 2. The number of hydrogen-bond acceptors (Lipinski definition) is 7. The van der Waals surface area contributed by atoms with Gasteiger partial charge in [0, 0.05) is 19.2 Å². The van der Waals surface area contributed by atoms with Crippen LogP contribution in [0.3, 0.4) is 0 Å². The molecule has 33 heavy (non-hydrogen) atoms. The van der Waals surface area contributed by atoms with E-state index in [0.29, 0.717) is 48.4 Å². The van der Waals surface area contributed by atoms with Crippen LogP contribution in [0.2, 0.25) is 0 Å². The molecule has 0 atom stereocenters. The predicted octanol–water partition coefficient (Wildman–Crippen LogP) is 4.88. The molecule has 7 heteroatoms. The number of ketones is 1. The number of benzene rings is 2. The molecule has 3 heterocycles. The Morgan fingerprint density at radius 3 is 2.61 bits per heavy atom. The molecule has 0 aliphatic carbocycles. The van der Waals surface area contributed by atoms with Gasteiger partial charge in [0.05, 0.1) is 25.3 Å². The molecular weight excluding hydrogens is 422 g/mol. The number of ether oxygens (including phenoxy) is 4. The average molecular weight is 447 g/mol. The second-order valence-electron chi connectivity index (χ2n) is 8.21. The van der Waals surface area contributed by atoms with Crippen LogP contribution in [0, 0.1) is 13.8 Å². The third kappa shape index (κ3) is 3.85. The summed E-state index contributed by atoms with van der Waals surface area (Å²) >= 11 is 0. The van der Waals surface area contributed by atoms with Gasteiger partial charge in [-0.3, -0.25) is 9.69 Å². The number of nitrogens with zero attached hydrogens (tertiary/aromatic N) is 1. The SMILES string of the molecule is COc1ccc(CN2COc3cc(C)c4c(c3C2)O/C(=C\c2ccc(C)o2)C4=O)cc1OC. The van der Waals surface area contributed by atoms with Crippen molar-refractivity contribution < 1.29 is 28.2 Å². The zero-order chi connectivity index (χ0) is 23.1. The van der Waals surface area contributed by atoms with Crippen molar-refractivity contribution in [3.8, 4) is 23.0 Å². The van der Waals surface area contributed by atoms with Gasteiger partial charge in [-0.15, -0.1) is 0 Å². The standard InChI is InChI=1S/C26H25NO6/c1-15-9-21-19(26-24(15)25(28)23(33-26)11-18-7-5-16(2)32-18)13-27(14-31-21)12-17-6-8-20(29-3)22(10-17)30-4/h5-11H,12-14H2,1-4H3/b23-11-. The normalized spacial score (nSPS) is 16.2. The summed E-state index contributed by atoms with van der Waals surface area (Å²) in [6, 6.07) is 11.4. The van der Waals surface area contributed by atoms with Crippen LogP contribution in [0.25, 0.3) is 6.08 Å². The molecule has 170 valence electrons. The van der Waals surface area contributed by atoms with Crippen molar-refractivity contribution in [2.45, 2.75) is 26.9 Å². The summed E-state index contributed by atoms with van der Waals surface area (Å²) in [6.45, 7) is 5.43. The van der Waals surface area contributed by atoms with Crippen molar-refractivity contribution in [3.05, 3.63) is 75.9 Å². The number of Topliss-reactive ketones (excluding diaryl/α,β-unsaturated/α-hetero) is 1. The van der Waals surface area contributed by atoms with Crippen LogP contribution >= 0.6 is 0 Å². The monoisotopic (exact) mass is 447 g/mol. The fraction of sp³-hybridized carbons (Fsp3) is 0.269. The number of allylic oxidation sites excluding steroid dienone is 1. The van der Waals surface area contributed by atoms with Crippen molar-refractivity contribution in [2.24, 2.45) is 0 Å². The van der Waals surface area contributed by atoms with Crippen LogP contribution in [-0.2, 0) is 13.1 Å². The van der Waals surface area contributed by atoms with Crippen molar-refractivity contribution in [2.75, 3.05) is 21.0 Å². The largest absolute Gasteiger partial charge is 0.493 e. The van der Waals surface area contributed by atoms with E-state index < -0.39 is 0 Å². The topological polar surface area (TPSA) is 70.4 Å². The number of rotatable bonds is 5. The highest BCUT2D eigenvalue weighted by atomic mass is 16.5. The van der Waals surface area contributed by atoms with E-state index in [4.69, 9.17) is 23.4 Å². The van der Waals surface area contributed by atoms with Gasteiger partial charge in [0.1, 0.15) is 29.8 Å². The molecule has 5 rings (SSSR count). The van der Waals surface area contributed by atoms with Crippen LogP contribution < -0.4 is 18.9 Å². The van der Waals surface area contributed by atoms with Crippen molar-refractivity contribution in [1.29, 1.82) is 0 Å². The second kappa shape index (κ2) is 8.33. The Labute approximate surface area is 192 Å². The molecule has 0 spiro atoms. The zero-order valence-electron chi connectivity index (χ0n) is 19.1. The Bertz CT molecular complexity index is 1270. The minimum Gasteiger partial charge on any atom is -0.493 e. The quantitative estimate of drug-likeness (QED) is 0.516. The molecule has 2 aliphatic heterocycles. The Balaban J connectivity index is 1.43. The van der Waals surface area contributed by atoms with Crippen molar-refractivity contribution >= 4 is 11.9 Å². The van der Waals surface area contributed by atoms with E-state index >= 15 is 0 Å². The number of fused-ring (bicyclic) bond motifs is 3. The predicted molar refractivity (Wildman–Crippen MR) is 122 cm³/mol. The highest BCUT2D eigenvalue weighted by molar-refractivity contribution is 6.15. The zero-order valence-corrected chi connectivity index (χ0v) is 19.1. The highest BCUT2D eigenvalue weighted by Crippen LogP contribution is 2.44. The maximum absolute atomic E-state index is 13.1. The van der Waals surface area contributed by atoms with Gasteiger partial charge in [-0.2, -0.15) is 0 Å². The first-order valence-corrected chi connectivity index (χ1v) is 10.7. The molecular formula is C26H25NO6. The summed E-state index contributed by atoms with van der Waals surface area (Å²) in [5, 5.41) is 0. The van der Waals surface area contributed by atoms with E-state index in [2.05, 4.69) is 4.90 Å². The van der Waals surface area contributed by atoms with E-state index in [1.165, 1.54) is 0 Å². The van der Waals surface area contributed by atoms with Crippen molar-refractivity contribution in [3.63, 3.8) is 0 Å². The molecule has 3 aromatic rings. The van der Waals surface area contributed by atoms with E-state index in [1.807, 2.05) is 50.2 Å². The molecule has 7 nitrogen and oxygen atoms in total. The Morgan fingerprint density at radius 2 is 1.88 bits per heavy atom. The molecule has 0 amide bonds. The fourth-order valence-corrected chi connectivity index (χ4v) is 4.27. The summed E-state index contributed by atoms with van der Waals surface area (Å²) in [6.07, 6.45) is 1.65. The summed E-state index contributed by atoms with van der Waals surface area (Å²) in [5.41, 5.74) is 3.35. The molecule has 1 aromatic heterocycles. The lowest BCUT2D eigenvalue weighted by Crippen LogP contribution is -2.31. The first-order chi connectivity index (χ1) is 16.0. The number of carbonyl (C=O) groups is 1. The van der Waals surface area contributed by atoms with Gasteiger partial charge in [-0.25, -0.2) is 0 Å². The Hall–Kier alpha value is -3.71. The van der Waals surface area contributed by atoms with Gasteiger partial charge < -0.3 is 23.4 Å². The molecule has 0 fully saturated rings. The highest BCUT2D eigenvalue weighted by Gasteiger charge is 2.35. The van der Waals surface area contributed by atoms with Crippen molar-refractivity contribution in [1.82, 2.24) is 4.90 Å². The van der Waals surface area contributed by atoms with Crippen LogP contribution in [0.4, 0.5) is 0 Å². The van der Waals surface area contributed by atoms with Crippen LogP contribution in [0.1, 0.15) is 38.6 Å². The second-order valence-corrected chi connectivity index (χ2v) is 8.21. The number of hydrogen-bond donors (Lipinski definition) is 0. The third-order valence-corrected chi connectivity index (χ3v) is 5.88. The van der Waals surface area contributed by atoms with Gasteiger partial charge in [0.2, 0.25) is 5.78 Å². The van der Waals surface area contributed by atoms with Crippen LogP contribution in [0.15, 0.2) is 46.6 Å². The van der Waals surface area contributed by atoms with E-state index in [0.717, 1.165) is 28.2 Å². The Morgan fingerprint density at radius 1 is 1.06 bits per heavy atom. The molecule has 0 N–H and O–H groups in total.